The van der Waals surface area contributed by atoms with E-state index in [1.807, 2.05) is 13.8 Å². The van der Waals surface area contributed by atoms with Crippen LogP contribution in [0.3, 0.4) is 0 Å². The van der Waals surface area contributed by atoms with Gasteiger partial charge in [-0.15, -0.1) is 0 Å². The van der Waals surface area contributed by atoms with E-state index in [1.165, 1.54) is 6.07 Å². The minimum Gasteiger partial charge on any atom is -0.393 e. The predicted octanol–water partition coefficient (Wildman–Crippen LogP) is 3.80. The van der Waals surface area contributed by atoms with Crippen LogP contribution in [0.25, 0.3) is 0 Å². The molecule has 0 aliphatic rings. The Balaban J connectivity index is 2.62. The maximum atomic E-state index is 12.7. The first-order valence-electron chi connectivity index (χ1n) is 8.02. The fraction of sp³-hybridized carbons (Fsp3) is 0.611. The first kappa shape index (κ1) is 20.5. The van der Waals surface area contributed by atoms with Gasteiger partial charge in [0.15, 0.2) is 0 Å². The van der Waals surface area contributed by atoms with Crippen molar-refractivity contribution in [3.8, 4) is 0 Å². The Bertz CT molecular complexity index is 553. The Hall–Kier alpha value is -1.56. The molecule has 0 fully saturated rings. The van der Waals surface area contributed by atoms with E-state index in [9.17, 15) is 23.1 Å². The second-order valence-corrected chi connectivity index (χ2v) is 7.24. The van der Waals surface area contributed by atoms with Crippen molar-refractivity contribution in [2.75, 3.05) is 6.54 Å². The molecule has 1 aromatic rings. The first-order chi connectivity index (χ1) is 10.9. The largest absolute Gasteiger partial charge is 0.416 e. The minimum absolute atomic E-state index is 0.203. The van der Waals surface area contributed by atoms with Gasteiger partial charge < -0.3 is 10.4 Å². The van der Waals surface area contributed by atoms with Crippen molar-refractivity contribution in [1.82, 2.24) is 5.32 Å². The lowest BCUT2D eigenvalue weighted by Gasteiger charge is -2.27. The summed E-state index contributed by atoms with van der Waals surface area (Å²) in [6.45, 7) is 7.68. The van der Waals surface area contributed by atoms with Gasteiger partial charge in [-0.1, -0.05) is 39.0 Å². The van der Waals surface area contributed by atoms with Crippen molar-refractivity contribution >= 4 is 5.91 Å². The number of aliphatic hydroxyl groups is 1. The van der Waals surface area contributed by atoms with E-state index < -0.39 is 23.8 Å². The number of rotatable bonds is 7. The number of hydrogen-bond donors (Lipinski definition) is 2. The minimum atomic E-state index is -4.38. The van der Waals surface area contributed by atoms with E-state index in [2.05, 4.69) is 5.32 Å². The summed E-state index contributed by atoms with van der Waals surface area (Å²) < 4.78 is 38.2. The van der Waals surface area contributed by atoms with Crippen molar-refractivity contribution in [3.05, 3.63) is 35.4 Å². The van der Waals surface area contributed by atoms with Gasteiger partial charge in [-0.2, -0.15) is 13.2 Å². The first-order valence-corrected chi connectivity index (χ1v) is 8.02. The van der Waals surface area contributed by atoms with Gasteiger partial charge in [0.2, 0.25) is 5.91 Å². The molecule has 0 radical (unpaired) electrons. The lowest BCUT2D eigenvalue weighted by Crippen LogP contribution is -2.38. The number of hydrogen-bond acceptors (Lipinski definition) is 2. The number of alkyl halides is 3. The quantitative estimate of drug-likeness (QED) is 0.790. The summed E-state index contributed by atoms with van der Waals surface area (Å²) in [7, 11) is 0. The maximum Gasteiger partial charge on any atom is 0.416 e. The zero-order valence-corrected chi connectivity index (χ0v) is 14.6. The highest BCUT2D eigenvalue weighted by molar-refractivity contribution is 5.78. The molecule has 0 saturated carbocycles. The summed E-state index contributed by atoms with van der Waals surface area (Å²) in [6, 6.07) is 5.05. The molecule has 1 rings (SSSR count). The van der Waals surface area contributed by atoms with E-state index in [0.29, 0.717) is 18.5 Å². The second kappa shape index (κ2) is 8.01. The molecule has 6 heteroatoms. The molecule has 2 atom stereocenters. The van der Waals surface area contributed by atoms with Gasteiger partial charge >= 0.3 is 6.18 Å². The fourth-order valence-corrected chi connectivity index (χ4v) is 2.69. The Morgan fingerprint density at radius 1 is 1.25 bits per heavy atom. The Morgan fingerprint density at radius 3 is 2.42 bits per heavy atom. The Kier molecular flexibility index (Phi) is 6.84. The molecule has 0 aliphatic heterocycles. The number of aliphatic hydroxyl groups excluding tert-OH is 1. The Morgan fingerprint density at radius 2 is 1.88 bits per heavy atom. The second-order valence-electron chi connectivity index (χ2n) is 7.24. The SMILES string of the molecule is CC(O)CC(C)(C)CNC(=O)C(C)Cc1cccc(C(F)(F)F)c1. The van der Waals surface area contributed by atoms with Crippen molar-refractivity contribution in [2.45, 2.75) is 52.8 Å². The van der Waals surface area contributed by atoms with E-state index in [0.717, 1.165) is 12.1 Å². The molecule has 0 saturated heterocycles. The third kappa shape index (κ3) is 6.91. The Labute approximate surface area is 141 Å². The molecule has 3 nitrogen and oxygen atoms in total. The average molecular weight is 345 g/mol. The zero-order chi connectivity index (χ0) is 18.5. The molecule has 136 valence electrons. The molecule has 2 unspecified atom stereocenters. The number of carbonyl (C=O) groups excluding carboxylic acids is 1. The van der Waals surface area contributed by atoms with Crippen molar-refractivity contribution in [2.24, 2.45) is 11.3 Å². The van der Waals surface area contributed by atoms with E-state index in [1.54, 1.807) is 19.9 Å². The molecule has 0 bridgehead atoms. The van der Waals surface area contributed by atoms with Crippen LogP contribution in [0.1, 0.15) is 45.2 Å². The average Bonchev–Trinajstić information content (AvgIpc) is 2.42. The number of halogens is 3. The van der Waals surface area contributed by atoms with Crippen molar-refractivity contribution in [3.63, 3.8) is 0 Å². The predicted molar refractivity (Wildman–Crippen MR) is 87.4 cm³/mol. The topological polar surface area (TPSA) is 49.3 Å². The van der Waals surface area contributed by atoms with Crippen molar-refractivity contribution in [1.29, 1.82) is 0 Å². The van der Waals surface area contributed by atoms with Gasteiger partial charge in [-0.05, 0) is 36.8 Å². The third-order valence-corrected chi connectivity index (χ3v) is 3.83. The number of carbonyl (C=O) groups is 1. The number of nitrogens with one attached hydrogen (secondary N) is 1. The summed E-state index contributed by atoms with van der Waals surface area (Å²) >= 11 is 0. The maximum absolute atomic E-state index is 12.7. The monoisotopic (exact) mass is 345 g/mol. The van der Waals surface area contributed by atoms with Gasteiger partial charge in [-0.25, -0.2) is 0 Å². The highest BCUT2D eigenvalue weighted by atomic mass is 19.4. The standard InChI is InChI=1S/C18H26F3NO2/c1-12(16(24)22-11-17(3,4)10-13(2)23)8-14-6-5-7-15(9-14)18(19,20)21/h5-7,9,12-13,23H,8,10-11H2,1-4H3,(H,22,24). The zero-order valence-electron chi connectivity index (χ0n) is 14.6. The highest BCUT2D eigenvalue weighted by Crippen LogP contribution is 2.30. The molecule has 0 aliphatic carbocycles. The van der Waals surface area contributed by atoms with Crippen LogP contribution in [0.2, 0.25) is 0 Å². The lowest BCUT2D eigenvalue weighted by atomic mass is 9.86. The van der Waals surface area contributed by atoms with Crippen LogP contribution in [0.15, 0.2) is 24.3 Å². The van der Waals surface area contributed by atoms with Crippen LogP contribution in [0.4, 0.5) is 13.2 Å². The molecule has 0 aromatic heterocycles. The van der Waals surface area contributed by atoms with Crippen LogP contribution in [0.5, 0.6) is 0 Å². The summed E-state index contributed by atoms with van der Waals surface area (Å²) in [5.74, 6) is -0.637. The smallest absolute Gasteiger partial charge is 0.393 e. The molecule has 1 aromatic carbocycles. The van der Waals surface area contributed by atoms with Crippen LogP contribution < -0.4 is 5.32 Å². The molecule has 24 heavy (non-hydrogen) atoms. The summed E-state index contributed by atoms with van der Waals surface area (Å²) in [6.07, 6.45) is -4.05. The van der Waals surface area contributed by atoms with Crippen LogP contribution in [-0.4, -0.2) is 23.7 Å². The van der Waals surface area contributed by atoms with Gasteiger partial charge in [0.1, 0.15) is 0 Å². The van der Waals surface area contributed by atoms with Gasteiger partial charge in [0.25, 0.3) is 0 Å². The van der Waals surface area contributed by atoms with E-state index in [-0.39, 0.29) is 17.7 Å². The van der Waals surface area contributed by atoms with Crippen molar-refractivity contribution < 1.29 is 23.1 Å². The van der Waals surface area contributed by atoms with Crippen LogP contribution in [-0.2, 0) is 17.4 Å². The molecule has 0 spiro atoms. The van der Waals surface area contributed by atoms with Gasteiger partial charge in [-0.3, -0.25) is 4.79 Å². The molecule has 0 heterocycles. The van der Waals surface area contributed by atoms with E-state index in [4.69, 9.17) is 0 Å². The third-order valence-electron chi connectivity index (χ3n) is 3.83. The summed E-state index contributed by atoms with van der Waals surface area (Å²) in [4.78, 5) is 12.2. The molecular weight excluding hydrogens is 319 g/mol. The molecular formula is C18H26F3NO2. The summed E-state index contributed by atoms with van der Waals surface area (Å²) in [5, 5.41) is 12.3. The lowest BCUT2D eigenvalue weighted by molar-refractivity contribution is -0.137. The number of benzene rings is 1. The van der Waals surface area contributed by atoms with Gasteiger partial charge in [0.05, 0.1) is 11.7 Å². The van der Waals surface area contributed by atoms with Crippen LogP contribution in [0, 0.1) is 11.3 Å². The van der Waals surface area contributed by atoms with E-state index >= 15 is 0 Å². The number of amides is 1. The summed E-state index contributed by atoms with van der Waals surface area (Å²) in [5.41, 5.74) is -0.471. The molecule has 1 amide bonds. The normalized spacial score (nSPS) is 15.0. The van der Waals surface area contributed by atoms with Crippen LogP contribution >= 0.6 is 0 Å². The molecule has 2 N–H and O–H groups in total. The fourth-order valence-electron chi connectivity index (χ4n) is 2.69. The highest BCUT2D eigenvalue weighted by Gasteiger charge is 2.30. The van der Waals surface area contributed by atoms with Gasteiger partial charge in [0, 0.05) is 12.5 Å².